The third kappa shape index (κ3) is 2.13. The number of aryl methyl sites for hydroxylation is 1. The van der Waals surface area contributed by atoms with Crippen LogP contribution in [-0.2, 0) is 6.42 Å². The van der Waals surface area contributed by atoms with Gasteiger partial charge in [0.15, 0.2) is 0 Å². The van der Waals surface area contributed by atoms with Crippen LogP contribution in [0.2, 0.25) is 0 Å². The summed E-state index contributed by atoms with van der Waals surface area (Å²) in [6, 6.07) is 7.38. The van der Waals surface area contributed by atoms with Gasteiger partial charge in [0.2, 0.25) is 0 Å². The molecule has 0 aliphatic heterocycles. The van der Waals surface area contributed by atoms with Crippen molar-refractivity contribution in [3.05, 3.63) is 42.0 Å². The van der Waals surface area contributed by atoms with E-state index in [1.54, 1.807) is 18.3 Å². The molecule has 2 N–H and O–H groups in total. The zero-order chi connectivity index (χ0) is 12.3. The lowest BCUT2D eigenvalue weighted by Gasteiger charge is -2.10. The molecule has 86 valence electrons. The molecule has 1 aromatic heterocycles. The van der Waals surface area contributed by atoms with Gasteiger partial charge in [-0.05, 0) is 24.6 Å². The van der Waals surface area contributed by atoms with Gasteiger partial charge in [-0.25, -0.2) is 4.98 Å². The number of hydrogen-bond acceptors (Lipinski definition) is 3. The van der Waals surface area contributed by atoms with Crippen molar-refractivity contribution >= 4 is 5.69 Å². The molecule has 0 saturated carbocycles. The van der Waals surface area contributed by atoms with Crippen LogP contribution in [0.3, 0.4) is 0 Å². The third-order valence-corrected chi connectivity index (χ3v) is 2.61. The summed E-state index contributed by atoms with van der Waals surface area (Å²) in [5.74, 6) is 0.990. The van der Waals surface area contributed by atoms with Crippen LogP contribution in [0.15, 0.2) is 30.6 Å². The first kappa shape index (κ1) is 11.2. The Balaban J connectivity index is 2.46. The zero-order valence-electron chi connectivity index (χ0n) is 9.72. The Hall–Kier alpha value is -2.28. The highest BCUT2D eigenvalue weighted by Crippen LogP contribution is 2.20. The second-order valence-corrected chi connectivity index (χ2v) is 3.85. The lowest BCUT2D eigenvalue weighted by atomic mass is 10.2. The molecular formula is C13H14N4. The first-order valence-corrected chi connectivity index (χ1v) is 5.58. The SMILES string of the molecule is CCCc1nccn1-c1ccc(C#N)cc1N. The number of aromatic nitrogens is 2. The fourth-order valence-corrected chi connectivity index (χ4v) is 1.81. The average Bonchev–Trinajstić information content (AvgIpc) is 2.77. The maximum atomic E-state index is 8.80. The molecule has 0 spiro atoms. The number of benzene rings is 1. The molecule has 0 unspecified atom stereocenters. The quantitative estimate of drug-likeness (QED) is 0.816. The smallest absolute Gasteiger partial charge is 0.113 e. The normalized spacial score (nSPS) is 10.1. The Kier molecular flexibility index (Phi) is 3.10. The van der Waals surface area contributed by atoms with Crippen molar-refractivity contribution < 1.29 is 0 Å². The van der Waals surface area contributed by atoms with Crippen molar-refractivity contribution in [2.24, 2.45) is 0 Å². The predicted octanol–water partition coefficient (Wildman–Crippen LogP) is 2.28. The van der Waals surface area contributed by atoms with Gasteiger partial charge in [-0.3, -0.25) is 0 Å². The van der Waals surface area contributed by atoms with Crippen molar-refractivity contribution in [2.75, 3.05) is 5.73 Å². The number of rotatable bonds is 3. The number of anilines is 1. The summed E-state index contributed by atoms with van der Waals surface area (Å²) in [5.41, 5.74) is 8.00. The Morgan fingerprint density at radius 3 is 2.94 bits per heavy atom. The van der Waals surface area contributed by atoms with E-state index >= 15 is 0 Å². The maximum absolute atomic E-state index is 8.80. The van der Waals surface area contributed by atoms with E-state index in [0.29, 0.717) is 11.3 Å². The molecule has 0 aliphatic rings. The maximum Gasteiger partial charge on any atom is 0.113 e. The summed E-state index contributed by atoms with van der Waals surface area (Å²) in [4.78, 5) is 4.31. The van der Waals surface area contributed by atoms with Gasteiger partial charge in [0, 0.05) is 18.8 Å². The van der Waals surface area contributed by atoms with Crippen LogP contribution in [-0.4, -0.2) is 9.55 Å². The lowest BCUT2D eigenvalue weighted by Crippen LogP contribution is -2.03. The highest BCUT2D eigenvalue weighted by Gasteiger charge is 2.07. The minimum atomic E-state index is 0.573. The van der Waals surface area contributed by atoms with E-state index in [1.807, 2.05) is 16.8 Å². The monoisotopic (exact) mass is 226 g/mol. The van der Waals surface area contributed by atoms with Crippen LogP contribution in [0.4, 0.5) is 5.69 Å². The van der Waals surface area contributed by atoms with Gasteiger partial charge >= 0.3 is 0 Å². The van der Waals surface area contributed by atoms with E-state index in [9.17, 15) is 0 Å². The first-order chi connectivity index (χ1) is 8.26. The molecule has 1 heterocycles. The van der Waals surface area contributed by atoms with Crippen LogP contribution in [0.25, 0.3) is 5.69 Å². The highest BCUT2D eigenvalue weighted by atomic mass is 15.1. The molecule has 0 fully saturated rings. The minimum absolute atomic E-state index is 0.573. The van der Waals surface area contributed by atoms with Gasteiger partial charge in [-0.2, -0.15) is 5.26 Å². The molecule has 0 radical (unpaired) electrons. The Morgan fingerprint density at radius 1 is 1.47 bits per heavy atom. The van der Waals surface area contributed by atoms with Crippen LogP contribution in [0.1, 0.15) is 24.7 Å². The molecule has 17 heavy (non-hydrogen) atoms. The number of nitriles is 1. The molecule has 4 nitrogen and oxygen atoms in total. The van der Waals surface area contributed by atoms with E-state index < -0.39 is 0 Å². The van der Waals surface area contributed by atoms with E-state index in [-0.39, 0.29) is 0 Å². The van der Waals surface area contributed by atoms with E-state index in [0.717, 1.165) is 24.4 Å². The van der Waals surface area contributed by atoms with Crippen molar-refractivity contribution in [1.29, 1.82) is 5.26 Å². The van der Waals surface area contributed by atoms with Crippen LogP contribution >= 0.6 is 0 Å². The highest BCUT2D eigenvalue weighted by molar-refractivity contribution is 5.61. The molecule has 4 heteroatoms. The fourth-order valence-electron chi connectivity index (χ4n) is 1.81. The topological polar surface area (TPSA) is 67.6 Å². The van der Waals surface area contributed by atoms with Gasteiger partial charge in [0.1, 0.15) is 5.82 Å². The molecule has 0 amide bonds. The second-order valence-electron chi connectivity index (χ2n) is 3.85. The summed E-state index contributed by atoms with van der Waals surface area (Å²) in [6.07, 6.45) is 5.60. The Bertz CT molecular complexity index is 563. The molecule has 0 atom stereocenters. The summed E-state index contributed by atoms with van der Waals surface area (Å²) in [7, 11) is 0. The number of hydrogen-bond donors (Lipinski definition) is 1. The molecular weight excluding hydrogens is 212 g/mol. The van der Waals surface area contributed by atoms with Gasteiger partial charge in [0.05, 0.1) is 23.0 Å². The van der Waals surface area contributed by atoms with Crippen LogP contribution in [0.5, 0.6) is 0 Å². The summed E-state index contributed by atoms with van der Waals surface area (Å²) >= 11 is 0. The van der Waals surface area contributed by atoms with Gasteiger partial charge < -0.3 is 10.3 Å². The Labute approximate surface area is 100 Å². The minimum Gasteiger partial charge on any atom is -0.397 e. The second kappa shape index (κ2) is 4.71. The first-order valence-electron chi connectivity index (χ1n) is 5.58. The average molecular weight is 226 g/mol. The molecule has 2 rings (SSSR count). The fraction of sp³-hybridized carbons (Fsp3) is 0.231. The van der Waals surface area contributed by atoms with Gasteiger partial charge in [-0.15, -0.1) is 0 Å². The summed E-state index contributed by atoms with van der Waals surface area (Å²) < 4.78 is 1.97. The lowest BCUT2D eigenvalue weighted by molar-refractivity contribution is 0.810. The molecule has 2 aromatic rings. The third-order valence-electron chi connectivity index (χ3n) is 2.61. The molecule has 0 bridgehead atoms. The number of imidazole rings is 1. The molecule has 0 saturated heterocycles. The predicted molar refractivity (Wildman–Crippen MR) is 66.7 cm³/mol. The number of nitrogen functional groups attached to an aromatic ring is 1. The van der Waals surface area contributed by atoms with E-state index in [4.69, 9.17) is 11.0 Å². The number of nitrogens with zero attached hydrogens (tertiary/aromatic N) is 3. The van der Waals surface area contributed by atoms with E-state index in [2.05, 4.69) is 18.0 Å². The van der Waals surface area contributed by atoms with Crippen LogP contribution in [0, 0.1) is 11.3 Å². The largest absolute Gasteiger partial charge is 0.397 e. The Morgan fingerprint density at radius 2 is 2.29 bits per heavy atom. The van der Waals surface area contributed by atoms with Gasteiger partial charge in [0.25, 0.3) is 0 Å². The molecule has 0 aliphatic carbocycles. The van der Waals surface area contributed by atoms with Crippen molar-refractivity contribution in [3.8, 4) is 11.8 Å². The van der Waals surface area contributed by atoms with Crippen molar-refractivity contribution in [2.45, 2.75) is 19.8 Å². The zero-order valence-corrected chi connectivity index (χ0v) is 9.72. The molecule has 1 aromatic carbocycles. The summed E-state index contributed by atoms with van der Waals surface area (Å²) in [5, 5.41) is 8.80. The van der Waals surface area contributed by atoms with Gasteiger partial charge in [-0.1, -0.05) is 6.92 Å². The summed E-state index contributed by atoms with van der Waals surface area (Å²) in [6.45, 7) is 2.11. The van der Waals surface area contributed by atoms with Crippen LogP contribution < -0.4 is 5.73 Å². The standard InChI is InChI=1S/C13H14N4/c1-2-3-13-16-6-7-17(13)12-5-4-10(9-14)8-11(12)15/h4-8H,2-3,15H2,1H3. The van der Waals surface area contributed by atoms with E-state index in [1.165, 1.54) is 0 Å². The van der Waals surface area contributed by atoms with Crippen molar-refractivity contribution in [3.63, 3.8) is 0 Å². The van der Waals surface area contributed by atoms with Crippen molar-refractivity contribution in [1.82, 2.24) is 9.55 Å². The number of nitrogens with two attached hydrogens (primary N) is 1.